The van der Waals surface area contributed by atoms with Gasteiger partial charge in [0.25, 0.3) is 5.56 Å². The second-order valence-electron chi connectivity index (χ2n) is 7.80. The van der Waals surface area contributed by atoms with Crippen molar-refractivity contribution in [2.24, 2.45) is 0 Å². The number of hydrogen-bond acceptors (Lipinski definition) is 7. The van der Waals surface area contributed by atoms with Crippen LogP contribution in [0.15, 0.2) is 34.2 Å². The van der Waals surface area contributed by atoms with E-state index in [9.17, 15) is 14.4 Å². The molecule has 8 nitrogen and oxygen atoms in total. The maximum Gasteiger partial charge on any atom is 0.335 e. The number of thioether (sulfide) groups is 1. The zero-order valence-electron chi connectivity index (χ0n) is 18.3. The fraction of sp³-hybridized carbons (Fsp3) is 0.391. The standard InChI is InChI=1S/C23H25N3O5S2/c1-31-11-10-26-21(28)19-16-4-2-3-5-17(16)33-20(19)25-23(26)32-13-18(27)24-12-14-6-8-15(9-7-14)22(29)30/h6-9H,2-5,10-13H2,1H3,(H,24,27)(H,29,30). The van der Waals surface area contributed by atoms with E-state index in [4.69, 9.17) is 14.8 Å². The highest BCUT2D eigenvalue weighted by Gasteiger charge is 2.22. The number of amides is 1. The van der Waals surface area contributed by atoms with E-state index in [1.807, 2.05) is 0 Å². The molecule has 0 saturated heterocycles. The molecule has 0 bridgehead atoms. The number of nitrogens with zero attached hydrogens (tertiary/aromatic N) is 2. The molecule has 0 aliphatic heterocycles. The molecule has 2 N–H and O–H groups in total. The molecule has 2 heterocycles. The highest BCUT2D eigenvalue weighted by atomic mass is 32.2. The number of thiophene rings is 1. The van der Waals surface area contributed by atoms with Crippen molar-refractivity contribution in [2.45, 2.75) is 43.9 Å². The van der Waals surface area contributed by atoms with Crippen LogP contribution in [0.25, 0.3) is 10.2 Å². The predicted octanol–water partition coefficient (Wildman–Crippen LogP) is 3.09. The number of carboxylic acid groups (broad SMARTS) is 1. The molecule has 0 saturated carbocycles. The van der Waals surface area contributed by atoms with Gasteiger partial charge in [-0.05, 0) is 48.9 Å². The lowest BCUT2D eigenvalue weighted by Crippen LogP contribution is -2.27. The van der Waals surface area contributed by atoms with Crippen LogP contribution in [0.2, 0.25) is 0 Å². The molecule has 0 atom stereocenters. The Morgan fingerprint density at radius 3 is 2.73 bits per heavy atom. The Kier molecular flexibility index (Phi) is 7.46. The second-order valence-corrected chi connectivity index (χ2v) is 9.83. The summed E-state index contributed by atoms with van der Waals surface area (Å²) in [6.45, 7) is 1.05. The first-order valence-corrected chi connectivity index (χ1v) is 12.5. The van der Waals surface area contributed by atoms with Gasteiger partial charge in [0.1, 0.15) is 4.83 Å². The Labute approximate surface area is 199 Å². The molecule has 174 valence electrons. The smallest absolute Gasteiger partial charge is 0.335 e. The van der Waals surface area contributed by atoms with Gasteiger partial charge < -0.3 is 15.2 Å². The van der Waals surface area contributed by atoms with Crippen molar-refractivity contribution in [3.05, 3.63) is 56.2 Å². The van der Waals surface area contributed by atoms with E-state index in [2.05, 4.69) is 5.32 Å². The van der Waals surface area contributed by atoms with Gasteiger partial charge in [-0.15, -0.1) is 11.3 Å². The second kappa shape index (κ2) is 10.5. The number of carboxylic acids is 1. The van der Waals surface area contributed by atoms with Gasteiger partial charge in [0.05, 0.1) is 29.9 Å². The predicted molar refractivity (Wildman–Crippen MR) is 128 cm³/mol. The van der Waals surface area contributed by atoms with Crippen LogP contribution in [0.4, 0.5) is 0 Å². The zero-order valence-corrected chi connectivity index (χ0v) is 19.9. The lowest BCUT2D eigenvalue weighted by molar-refractivity contribution is -0.118. The monoisotopic (exact) mass is 487 g/mol. The van der Waals surface area contributed by atoms with Crippen molar-refractivity contribution >= 4 is 45.2 Å². The van der Waals surface area contributed by atoms with Crippen molar-refractivity contribution < 1.29 is 19.4 Å². The van der Waals surface area contributed by atoms with Crippen LogP contribution in [-0.2, 0) is 35.5 Å². The molecule has 0 spiro atoms. The molecule has 1 amide bonds. The summed E-state index contributed by atoms with van der Waals surface area (Å²) in [7, 11) is 1.59. The zero-order chi connectivity index (χ0) is 23.4. The van der Waals surface area contributed by atoms with Crippen LogP contribution in [0.1, 0.15) is 39.2 Å². The number of nitrogens with one attached hydrogen (secondary N) is 1. The molecule has 33 heavy (non-hydrogen) atoms. The first kappa shape index (κ1) is 23.5. The van der Waals surface area contributed by atoms with Crippen LogP contribution in [0.5, 0.6) is 0 Å². The summed E-state index contributed by atoms with van der Waals surface area (Å²) in [5, 5.41) is 13.0. The highest BCUT2D eigenvalue weighted by molar-refractivity contribution is 7.99. The molecular weight excluding hydrogens is 462 g/mol. The third kappa shape index (κ3) is 5.29. The van der Waals surface area contributed by atoms with Gasteiger partial charge in [0, 0.05) is 18.5 Å². The molecule has 10 heteroatoms. The number of benzene rings is 1. The van der Waals surface area contributed by atoms with Gasteiger partial charge in [-0.2, -0.15) is 0 Å². The third-order valence-electron chi connectivity index (χ3n) is 5.58. The molecule has 3 aromatic rings. The van der Waals surface area contributed by atoms with E-state index in [1.165, 1.54) is 28.8 Å². The summed E-state index contributed by atoms with van der Waals surface area (Å²) in [5.74, 6) is -1.07. The van der Waals surface area contributed by atoms with Crippen molar-refractivity contribution in [1.82, 2.24) is 14.9 Å². The van der Waals surface area contributed by atoms with Gasteiger partial charge in [0.15, 0.2) is 5.16 Å². The largest absolute Gasteiger partial charge is 0.478 e. The maximum atomic E-state index is 13.3. The van der Waals surface area contributed by atoms with Crippen molar-refractivity contribution in [3.8, 4) is 0 Å². The van der Waals surface area contributed by atoms with E-state index in [0.717, 1.165) is 47.0 Å². The lowest BCUT2D eigenvalue weighted by atomic mass is 9.97. The van der Waals surface area contributed by atoms with Crippen molar-refractivity contribution in [2.75, 3.05) is 19.5 Å². The van der Waals surface area contributed by atoms with E-state index in [1.54, 1.807) is 35.1 Å². The molecule has 0 unspecified atom stereocenters. The fourth-order valence-corrected chi connectivity index (χ4v) is 6.01. The minimum atomic E-state index is -0.988. The first-order valence-electron chi connectivity index (χ1n) is 10.7. The quantitative estimate of drug-likeness (QED) is 0.352. The Morgan fingerprint density at radius 1 is 1.24 bits per heavy atom. The number of carbonyl (C=O) groups is 2. The van der Waals surface area contributed by atoms with Crippen LogP contribution >= 0.6 is 23.1 Å². The number of methoxy groups -OCH3 is 1. The topological polar surface area (TPSA) is 111 Å². The Bertz CT molecular complexity index is 1230. The fourth-order valence-electron chi connectivity index (χ4n) is 3.86. The summed E-state index contributed by atoms with van der Waals surface area (Å²) >= 11 is 2.83. The number of fused-ring (bicyclic) bond motifs is 3. The molecule has 4 rings (SSSR count). The Balaban J connectivity index is 1.48. The van der Waals surface area contributed by atoms with Crippen LogP contribution < -0.4 is 10.9 Å². The van der Waals surface area contributed by atoms with Gasteiger partial charge in [-0.1, -0.05) is 23.9 Å². The van der Waals surface area contributed by atoms with Crippen LogP contribution in [0.3, 0.4) is 0 Å². The molecular formula is C23H25N3O5S2. The number of aromatic carboxylic acids is 1. The Morgan fingerprint density at radius 2 is 2.00 bits per heavy atom. The van der Waals surface area contributed by atoms with Crippen LogP contribution in [0, 0.1) is 0 Å². The number of hydrogen-bond donors (Lipinski definition) is 2. The van der Waals surface area contributed by atoms with Crippen molar-refractivity contribution in [3.63, 3.8) is 0 Å². The summed E-state index contributed by atoms with van der Waals surface area (Å²) < 4.78 is 6.81. The summed E-state index contributed by atoms with van der Waals surface area (Å²) in [5.41, 5.74) is 2.09. The SMILES string of the molecule is COCCn1c(SCC(=O)NCc2ccc(C(=O)O)cc2)nc2sc3c(c2c1=O)CCCC3. The van der Waals surface area contributed by atoms with Crippen molar-refractivity contribution in [1.29, 1.82) is 0 Å². The number of ether oxygens (including phenoxy) is 1. The summed E-state index contributed by atoms with van der Waals surface area (Å²) in [6.07, 6.45) is 4.13. The van der Waals surface area contributed by atoms with Gasteiger partial charge in [0.2, 0.25) is 5.91 Å². The highest BCUT2D eigenvalue weighted by Crippen LogP contribution is 2.34. The normalized spacial score (nSPS) is 13.1. The number of rotatable bonds is 9. The molecule has 1 aromatic carbocycles. The van der Waals surface area contributed by atoms with E-state index < -0.39 is 5.97 Å². The molecule has 0 radical (unpaired) electrons. The van der Waals surface area contributed by atoms with Gasteiger partial charge in [-0.25, -0.2) is 9.78 Å². The molecule has 1 aliphatic rings. The number of aromatic nitrogens is 2. The maximum absolute atomic E-state index is 13.3. The Hall–Kier alpha value is -2.69. The molecule has 2 aromatic heterocycles. The van der Waals surface area contributed by atoms with Gasteiger partial charge in [-0.3, -0.25) is 14.2 Å². The average molecular weight is 488 g/mol. The average Bonchev–Trinajstić information content (AvgIpc) is 3.19. The lowest BCUT2D eigenvalue weighted by Gasteiger charge is -2.13. The van der Waals surface area contributed by atoms with E-state index >= 15 is 0 Å². The van der Waals surface area contributed by atoms with E-state index in [0.29, 0.717) is 24.9 Å². The molecule has 0 fully saturated rings. The molecule has 1 aliphatic carbocycles. The third-order valence-corrected chi connectivity index (χ3v) is 7.74. The minimum absolute atomic E-state index is 0.0575. The van der Waals surface area contributed by atoms with Gasteiger partial charge >= 0.3 is 5.97 Å². The number of carbonyl (C=O) groups excluding carboxylic acids is 1. The summed E-state index contributed by atoms with van der Waals surface area (Å²) in [6, 6.07) is 6.36. The first-order chi connectivity index (χ1) is 16.0. The van der Waals surface area contributed by atoms with Crippen LogP contribution in [-0.4, -0.2) is 46.0 Å². The van der Waals surface area contributed by atoms with E-state index in [-0.39, 0.29) is 22.8 Å². The minimum Gasteiger partial charge on any atom is -0.478 e. The summed E-state index contributed by atoms with van der Waals surface area (Å²) in [4.78, 5) is 43.5. The number of aryl methyl sites for hydroxylation is 2.